The summed E-state index contributed by atoms with van der Waals surface area (Å²) in [6.07, 6.45) is 0. The smallest absolute Gasteiger partial charge is 0.342 e. The molecule has 0 aliphatic heterocycles. The van der Waals surface area contributed by atoms with Crippen molar-refractivity contribution in [2.75, 3.05) is 25.6 Å². The normalized spacial score (nSPS) is 13.3. The monoisotopic (exact) mass is 313 g/mol. The third-order valence-corrected chi connectivity index (χ3v) is 3.82. The Bertz CT molecular complexity index is 675. The molecular weight excluding hydrogens is 290 g/mol. The summed E-state index contributed by atoms with van der Waals surface area (Å²) in [5.41, 5.74) is 2.10. The van der Waals surface area contributed by atoms with E-state index in [1.54, 1.807) is 19.1 Å². The minimum atomic E-state index is -1.64. The highest BCUT2D eigenvalue weighted by atomic mass is 16.5. The van der Waals surface area contributed by atoms with Gasteiger partial charge in [0.2, 0.25) is 0 Å². The average molecular weight is 313 g/mol. The number of carbonyl (C=O) groups is 1. The number of hydrogen-bond donors (Lipinski definition) is 1. The number of para-hydroxylation sites is 1. The van der Waals surface area contributed by atoms with E-state index in [1.807, 2.05) is 44.4 Å². The van der Waals surface area contributed by atoms with Crippen molar-refractivity contribution in [1.82, 2.24) is 0 Å². The van der Waals surface area contributed by atoms with Crippen molar-refractivity contribution in [1.29, 1.82) is 0 Å². The van der Waals surface area contributed by atoms with E-state index < -0.39 is 11.6 Å². The summed E-state index contributed by atoms with van der Waals surface area (Å²) >= 11 is 0. The molecular formula is C19H23NO3. The Morgan fingerprint density at radius 3 is 2.30 bits per heavy atom. The fourth-order valence-corrected chi connectivity index (χ4v) is 2.47. The molecule has 0 heterocycles. The predicted octanol–water partition coefficient (Wildman–Crippen LogP) is 3.19. The number of ether oxygens (including phenoxy) is 1. The van der Waals surface area contributed by atoms with Gasteiger partial charge in [0.05, 0.1) is 6.61 Å². The Balaban J connectivity index is 2.36. The quantitative estimate of drug-likeness (QED) is 0.861. The number of nitrogens with zero attached hydrogens (tertiary/aromatic N) is 1. The van der Waals surface area contributed by atoms with Crippen LogP contribution >= 0.6 is 0 Å². The molecule has 2 rings (SSSR count). The number of aliphatic hydroxyl groups is 1. The van der Waals surface area contributed by atoms with E-state index in [1.165, 1.54) is 6.92 Å². The summed E-state index contributed by atoms with van der Waals surface area (Å²) in [6.45, 7) is 3.41. The maximum Gasteiger partial charge on any atom is 0.342 e. The lowest BCUT2D eigenvalue weighted by Gasteiger charge is -2.22. The van der Waals surface area contributed by atoms with Gasteiger partial charge in [0.1, 0.15) is 0 Å². The molecule has 1 N–H and O–H groups in total. The highest BCUT2D eigenvalue weighted by molar-refractivity contribution is 5.82. The van der Waals surface area contributed by atoms with Crippen molar-refractivity contribution in [3.8, 4) is 11.1 Å². The lowest BCUT2D eigenvalue weighted by Crippen LogP contribution is -2.34. The van der Waals surface area contributed by atoms with Crippen LogP contribution in [0.2, 0.25) is 0 Å². The molecule has 0 amide bonds. The molecule has 1 unspecified atom stereocenters. The van der Waals surface area contributed by atoms with Gasteiger partial charge in [-0.3, -0.25) is 0 Å². The van der Waals surface area contributed by atoms with E-state index >= 15 is 0 Å². The van der Waals surface area contributed by atoms with Gasteiger partial charge in [0, 0.05) is 25.3 Å². The van der Waals surface area contributed by atoms with Crippen LogP contribution in [0.1, 0.15) is 19.4 Å². The number of anilines is 1. The Hall–Kier alpha value is -2.33. The molecule has 2 aromatic rings. The van der Waals surface area contributed by atoms with E-state index in [0.29, 0.717) is 5.56 Å². The molecule has 0 saturated carbocycles. The van der Waals surface area contributed by atoms with Crippen LogP contribution in [0.5, 0.6) is 0 Å². The van der Waals surface area contributed by atoms with Gasteiger partial charge in [-0.15, -0.1) is 0 Å². The van der Waals surface area contributed by atoms with Gasteiger partial charge in [-0.2, -0.15) is 0 Å². The molecule has 2 aromatic carbocycles. The molecule has 0 bridgehead atoms. The van der Waals surface area contributed by atoms with Crippen LogP contribution in [-0.4, -0.2) is 31.8 Å². The van der Waals surface area contributed by atoms with Crippen LogP contribution < -0.4 is 4.90 Å². The number of carbonyl (C=O) groups excluding carboxylic acids is 1. The minimum absolute atomic E-state index is 0.239. The zero-order chi connectivity index (χ0) is 17.0. The summed E-state index contributed by atoms with van der Waals surface area (Å²) in [7, 11) is 4.00. The van der Waals surface area contributed by atoms with Gasteiger partial charge in [-0.25, -0.2) is 4.79 Å². The van der Waals surface area contributed by atoms with Crippen LogP contribution in [0.15, 0.2) is 48.5 Å². The number of benzene rings is 2. The van der Waals surface area contributed by atoms with Crippen LogP contribution in [0.4, 0.5) is 5.69 Å². The first kappa shape index (κ1) is 17.0. The molecule has 0 spiro atoms. The predicted molar refractivity (Wildman–Crippen MR) is 92.4 cm³/mol. The van der Waals surface area contributed by atoms with Crippen LogP contribution in [0, 0.1) is 0 Å². The second kappa shape index (κ2) is 6.84. The van der Waals surface area contributed by atoms with E-state index in [2.05, 4.69) is 11.0 Å². The third-order valence-electron chi connectivity index (χ3n) is 3.82. The Labute approximate surface area is 137 Å². The number of hydrogen-bond acceptors (Lipinski definition) is 4. The molecule has 23 heavy (non-hydrogen) atoms. The highest BCUT2D eigenvalue weighted by Gasteiger charge is 2.33. The zero-order valence-electron chi connectivity index (χ0n) is 14.0. The maximum atomic E-state index is 11.9. The molecule has 0 aliphatic carbocycles. The summed E-state index contributed by atoms with van der Waals surface area (Å²) in [4.78, 5) is 13.9. The van der Waals surface area contributed by atoms with Crippen molar-refractivity contribution >= 4 is 11.7 Å². The highest BCUT2D eigenvalue weighted by Crippen LogP contribution is 2.31. The lowest BCUT2D eigenvalue weighted by atomic mass is 9.93. The Kier molecular flexibility index (Phi) is 5.06. The minimum Gasteiger partial charge on any atom is -0.464 e. The summed E-state index contributed by atoms with van der Waals surface area (Å²) < 4.78 is 4.93. The zero-order valence-corrected chi connectivity index (χ0v) is 14.0. The van der Waals surface area contributed by atoms with Crippen molar-refractivity contribution in [3.63, 3.8) is 0 Å². The van der Waals surface area contributed by atoms with Gasteiger partial charge < -0.3 is 14.7 Å². The Morgan fingerprint density at radius 2 is 1.74 bits per heavy atom. The maximum absolute atomic E-state index is 11.9. The lowest BCUT2D eigenvalue weighted by molar-refractivity contribution is -0.164. The molecule has 122 valence electrons. The second-order valence-corrected chi connectivity index (χ2v) is 5.78. The molecule has 0 radical (unpaired) electrons. The molecule has 4 heteroatoms. The van der Waals surface area contributed by atoms with Gasteiger partial charge in [-0.1, -0.05) is 42.5 Å². The number of esters is 1. The molecule has 0 fully saturated rings. The summed E-state index contributed by atoms with van der Waals surface area (Å²) in [5, 5.41) is 10.4. The Morgan fingerprint density at radius 1 is 1.13 bits per heavy atom. The van der Waals surface area contributed by atoms with Crippen molar-refractivity contribution in [2.24, 2.45) is 0 Å². The van der Waals surface area contributed by atoms with Gasteiger partial charge in [-0.05, 0) is 31.0 Å². The first-order chi connectivity index (χ1) is 10.9. The summed E-state index contributed by atoms with van der Waals surface area (Å²) in [5.74, 6) is -0.638. The van der Waals surface area contributed by atoms with Crippen molar-refractivity contribution in [3.05, 3.63) is 54.1 Å². The summed E-state index contributed by atoms with van der Waals surface area (Å²) in [6, 6.07) is 15.4. The van der Waals surface area contributed by atoms with Crippen LogP contribution in [0.3, 0.4) is 0 Å². The van der Waals surface area contributed by atoms with Gasteiger partial charge >= 0.3 is 5.97 Å². The molecule has 4 nitrogen and oxygen atoms in total. The fraction of sp³-hybridized carbons (Fsp3) is 0.316. The first-order valence-electron chi connectivity index (χ1n) is 7.64. The number of rotatable bonds is 5. The molecule has 0 aromatic heterocycles. The second-order valence-electron chi connectivity index (χ2n) is 5.78. The van der Waals surface area contributed by atoms with Gasteiger partial charge in [0.25, 0.3) is 0 Å². The first-order valence-corrected chi connectivity index (χ1v) is 7.64. The fourth-order valence-electron chi connectivity index (χ4n) is 2.47. The van der Waals surface area contributed by atoms with E-state index in [4.69, 9.17) is 4.74 Å². The van der Waals surface area contributed by atoms with Gasteiger partial charge in [0.15, 0.2) is 5.60 Å². The van der Waals surface area contributed by atoms with E-state index in [-0.39, 0.29) is 6.61 Å². The average Bonchev–Trinajstić information content (AvgIpc) is 2.55. The topological polar surface area (TPSA) is 49.8 Å². The van der Waals surface area contributed by atoms with E-state index in [0.717, 1.165) is 16.8 Å². The third kappa shape index (κ3) is 3.54. The SMILES string of the molecule is CCOC(=O)C(C)(O)c1ccc(-c2ccccc2N(C)C)cc1. The van der Waals surface area contributed by atoms with E-state index in [9.17, 15) is 9.90 Å². The van der Waals surface area contributed by atoms with Crippen molar-refractivity contribution < 1.29 is 14.6 Å². The molecule has 1 atom stereocenters. The van der Waals surface area contributed by atoms with Crippen LogP contribution in [0.25, 0.3) is 11.1 Å². The van der Waals surface area contributed by atoms with Crippen LogP contribution in [-0.2, 0) is 15.1 Å². The largest absolute Gasteiger partial charge is 0.464 e. The molecule has 0 aliphatic rings. The molecule has 0 saturated heterocycles. The standard InChI is InChI=1S/C19H23NO3/c1-5-23-18(21)19(2,22)15-12-10-14(11-13-15)16-8-6-7-9-17(16)20(3)4/h6-13,22H,5H2,1-4H3. The van der Waals surface area contributed by atoms with Crippen molar-refractivity contribution in [2.45, 2.75) is 19.4 Å².